The first-order valence-corrected chi connectivity index (χ1v) is 8.52. The molecule has 130 valence electrons. The second kappa shape index (κ2) is 6.43. The molecule has 8 heteroatoms. The molecule has 2 aliphatic rings. The Morgan fingerprint density at radius 2 is 2.04 bits per heavy atom. The number of piperidine rings is 1. The van der Waals surface area contributed by atoms with Gasteiger partial charge >= 0.3 is 0 Å². The molecule has 3 rings (SSSR count). The Morgan fingerprint density at radius 3 is 2.71 bits per heavy atom. The number of hydrogen-bond donors (Lipinski definition) is 3. The minimum atomic E-state index is -0.952. The van der Waals surface area contributed by atoms with Crippen molar-refractivity contribution in [1.29, 1.82) is 0 Å². The van der Waals surface area contributed by atoms with Crippen LogP contribution < -0.4 is 5.32 Å². The topological polar surface area (TPSA) is 89.9 Å². The number of aromatic hydroxyl groups is 1. The summed E-state index contributed by atoms with van der Waals surface area (Å²) in [6, 6.07) is 1.45. The van der Waals surface area contributed by atoms with E-state index in [2.05, 4.69) is 5.32 Å². The van der Waals surface area contributed by atoms with Gasteiger partial charge in [-0.3, -0.25) is 9.59 Å². The molecule has 1 aromatic carbocycles. The van der Waals surface area contributed by atoms with Crippen molar-refractivity contribution in [3.63, 3.8) is 0 Å². The van der Waals surface area contributed by atoms with E-state index in [1.54, 1.807) is 0 Å². The monoisotopic (exact) mass is 372 g/mol. The van der Waals surface area contributed by atoms with E-state index >= 15 is 0 Å². The van der Waals surface area contributed by atoms with E-state index in [-0.39, 0.29) is 28.5 Å². The Bertz CT molecular complexity index is 695. The normalized spacial score (nSPS) is 28.3. The lowest BCUT2D eigenvalue weighted by atomic mass is 9.83. The number of piperazine rings is 1. The Morgan fingerprint density at radius 1 is 1.33 bits per heavy atom. The molecule has 0 unspecified atom stereocenters. The first-order valence-electron chi connectivity index (χ1n) is 7.77. The number of amides is 2. The van der Waals surface area contributed by atoms with Crippen LogP contribution in [0.3, 0.4) is 0 Å². The summed E-state index contributed by atoms with van der Waals surface area (Å²) < 4.78 is 0. The van der Waals surface area contributed by atoms with E-state index in [1.807, 2.05) is 0 Å². The highest BCUT2D eigenvalue weighted by molar-refractivity contribution is 6.42. The summed E-state index contributed by atoms with van der Waals surface area (Å²) in [5, 5.41) is 23.0. The molecule has 2 fully saturated rings. The van der Waals surface area contributed by atoms with Gasteiger partial charge < -0.3 is 20.4 Å². The molecular weight excluding hydrogens is 355 g/mol. The number of halogens is 2. The zero-order valence-electron chi connectivity index (χ0n) is 13.0. The zero-order valence-corrected chi connectivity index (χ0v) is 14.5. The number of rotatable bonds is 2. The zero-order chi connectivity index (χ0) is 17.6. The van der Waals surface area contributed by atoms with Gasteiger partial charge in [0.15, 0.2) is 0 Å². The van der Waals surface area contributed by atoms with Crippen molar-refractivity contribution in [2.75, 3.05) is 6.54 Å². The predicted octanol–water partition coefficient (Wildman–Crippen LogP) is 1.65. The van der Waals surface area contributed by atoms with Crippen LogP contribution >= 0.6 is 23.2 Å². The fourth-order valence-corrected chi connectivity index (χ4v) is 3.98. The fraction of sp³-hybridized carbons (Fsp3) is 0.500. The number of phenolic OH excluding ortho intramolecular Hbond substituents is 1. The van der Waals surface area contributed by atoms with Gasteiger partial charge in [-0.1, -0.05) is 23.2 Å². The number of nitrogens with zero attached hydrogens (tertiary/aromatic N) is 1. The maximum Gasteiger partial charge on any atom is 0.248 e. The maximum absolute atomic E-state index is 12.4. The molecule has 0 bridgehead atoms. The second-order valence-corrected chi connectivity index (χ2v) is 7.07. The lowest BCUT2D eigenvalue weighted by Gasteiger charge is -2.44. The van der Waals surface area contributed by atoms with E-state index in [0.717, 1.165) is 0 Å². The summed E-state index contributed by atoms with van der Waals surface area (Å²) in [5.41, 5.74) is 0.515. The van der Waals surface area contributed by atoms with Crippen LogP contribution in [0.15, 0.2) is 12.1 Å². The lowest BCUT2D eigenvalue weighted by Crippen LogP contribution is -2.67. The van der Waals surface area contributed by atoms with Crippen LogP contribution in [0.1, 0.15) is 31.2 Å². The molecule has 3 N–H and O–H groups in total. The first kappa shape index (κ1) is 17.3. The van der Waals surface area contributed by atoms with Gasteiger partial charge in [0, 0.05) is 12.1 Å². The van der Waals surface area contributed by atoms with E-state index in [9.17, 15) is 19.8 Å². The van der Waals surface area contributed by atoms with Crippen LogP contribution in [0, 0.1) is 0 Å². The third-order valence-corrected chi connectivity index (χ3v) is 5.57. The summed E-state index contributed by atoms with van der Waals surface area (Å²) in [6.07, 6.45) is -0.0560. The molecule has 6 nitrogen and oxygen atoms in total. The Balaban J connectivity index is 1.87. The van der Waals surface area contributed by atoms with E-state index in [0.29, 0.717) is 30.0 Å². The van der Waals surface area contributed by atoms with Gasteiger partial charge in [-0.25, -0.2) is 0 Å². The molecule has 0 saturated carbocycles. The first-order chi connectivity index (χ1) is 11.3. The van der Waals surface area contributed by atoms with E-state index < -0.39 is 18.2 Å². The smallest absolute Gasteiger partial charge is 0.248 e. The largest absolute Gasteiger partial charge is 0.508 e. The molecule has 0 spiro atoms. The van der Waals surface area contributed by atoms with Crippen LogP contribution in [-0.2, 0) is 9.59 Å². The van der Waals surface area contributed by atoms with Gasteiger partial charge in [-0.05, 0) is 37.8 Å². The molecule has 2 amide bonds. The number of nitrogens with one attached hydrogen (secondary N) is 1. The van der Waals surface area contributed by atoms with Crippen molar-refractivity contribution < 1.29 is 19.8 Å². The number of carbonyl (C=O) groups is 2. The van der Waals surface area contributed by atoms with Crippen LogP contribution in [0.5, 0.6) is 5.75 Å². The molecule has 1 aromatic rings. The minimum absolute atomic E-state index is 0.0345. The van der Waals surface area contributed by atoms with Crippen LogP contribution in [0.4, 0.5) is 0 Å². The van der Waals surface area contributed by atoms with Gasteiger partial charge in [0.05, 0.1) is 16.1 Å². The molecule has 0 aliphatic carbocycles. The Kier molecular flexibility index (Phi) is 4.64. The van der Waals surface area contributed by atoms with Crippen LogP contribution in [-0.4, -0.2) is 51.7 Å². The number of carbonyl (C=O) groups excluding carboxylic acids is 2. The summed E-state index contributed by atoms with van der Waals surface area (Å²) in [7, 11) is 0. The van der Waals surface area contributed by atoms with E-state index in [1.165, 1.54) is 24.0 Å². The number of fused-ring (bicyclic) bond motifs is 1. The summed E-state index contributed by atoms with van der Waals surface area (Å²) >= 11 is 12.3. The number of hydrogen-bond acceptors (Lipinski definition) is 4. The third kappa shape index (κ3) is 2.83. The predicted molar refractivity (Wildman–Crippen MR) is 89.2 cm³/mol. The lowest BCUT2D eigenvalue weighted by molar-refractivity contribution is -0.154. The van der Waals surface area contributed by atoms with Gasteiger partial charge in [-0.2, -0.15) is 0 Å². The molecule has 0 aromatic heterocycles. The Labute approximate surface area is 149 Å². The van der Waals surface area contributed by atoms with Crippen molar-refractivity contribution >= 4 is 35.0 Å². The highest BCUT2D eigenvalue weighted by atomic mass is 35.5. The molecule has 0 radical (unpaired) electrons. The summed E-state index contributed by atoms with van der Waals surface area (Å²) in [6.45, 7) is 1.83. The highest BCUT2D eigenvalue weighted by Gasteiger charge is 2.46. The quantitative estimate of drug-likeness (QED) is 0.736. The van der Waals surface area contributed by atoms with Gasteiger partial charge in [-0.15, -0.1) is 0 Å². The van der Waals surface area contributed by atoms with Crippen molar-refractivity contribution in [2.45, 2.75) is 43.9 Å². The molecule has 2 heterocycles. The Hall–Kier alpha value is -1.50. The van der Waals surface area contributed by atoms with Crippen LogP contribution in [0.2, 0.25) is 10.0 Å². The van der Waals surface area contributed by atoms with Gasteiger partial charge in [0.1, 0.15) is 17.8 Å². The molecular formula is C16H18Cl2N2O4. The maximum atomic E-state index is 12.4. The number of aliphatic hydroxyl groups excluding tert-OH is 1. The molecule has 24 heavy (non-hydrogen) atoms. The van der Waals surface area contributed by atoms with Crippen molar-refractivity contribution in [3.05, 3.63) is 27.7 Å². The highest BCUT2D eigenvalue weighted by Crippen LogP contribution is 2.43. The third-order valence-electron chi connectivity index (χ3n) is 4.75. The van der Waals surface area contributed by atoms with Crippen LogP contribution in [0.25, 0.3) is 0 Å². The summed E-state index contributed by atoms with van der Waals surface area (Å²) in [5.74, 6) is -0.733. The molecule has 2 saturated heterocycles. The van der Waals surface area contributed by atoms with Gasteiger partial charge in [0.2, 0.25) is 11.8 Å². The standard InChI is InChI=1S/C16H18Cl2N2O4/c1-7(21)14-16(24)20-5-4-8(6-10(20)15(23)19-14)12-11(22)3-2-9(17)13(12)18/h2-3,7-8,10,14,21-22H,4-6H2,1H3,(H,19,23)/t7-,8+,10-,14+/m0/s1. The molecule has 4 atom stereocenters. The number of benzene rings is 1. The van der Waals surface area contributed by atoms with Crippen molar-refractivity contribution in [1.82, 2.24) is 10.2 Å². The fourth-order valence-electron chi connectivity index (χ4n) is 3.50. The summed E-state index contributed by atoms with van der Waals surface area (Å²) in [4.78, 5) is 26.3. The minimum Gasteiger partial charge on any atom is -0.508 e. The average Bonchev–Trinajstić information content (AvgIpc) is 2.54. The second-order valence-electron chi connectivity index (χ2n) is 6.29. The van der Waals surface area contributed by atoms with Gasteiger partial charge in [0.25, 0.3) is 0 Å². The van der Waals surface area contributed by atoms with Crippen molar-refractivity contribution in [3.8, 4) is 5.75 Å². The average molecular weight is 373 g/mol. The van der Waals surface area contributed by atoms with Crippen molar-refractivity contribution in [2.24, 2.45) is 0 Å². The van der Waals surface area contributed by atoms with E-state index in [4.69, 9.17) is 23.2 Å². The number of aliphatic hydroxyl groups is 1. The SMILES string of the molecule is C[C@H](O)[C@H]1NC(=O)[C@@H]2C[C@H](c3c(O)ccc(Cl)c3Cl)CCN2C1=O. The molecule has 2 aliphatic heterocycles. The number of phenols is 1.